The first-order chi connectivity index (χ1) is 8.86. The van der Waals surface area contributed by atoms with Crippen molar-refractivity contribution in [1.29, 1.82) is 0 Å². The molecule has 1 aliphatic heterocycles. The Morgan fingerprint density at radius 1 is 0.722 bits per heavy atom. The maximum absolute atomic E-state index is 3.84. The fourth-order valence-corrected chi connectivity index (χ4v) is 2.14. The Morgan fingerprint density at radius 3 is 1.56 bits per heavy atom. The van der Waals surface area contributed by atoms with Crippen LogP contribution in [-0.4, -0.2) is 75.2 Å². The molecule has 0 spiro atoms. The molecule has 1 rings (SSSR count). The van der Waals surface area contributed by atoms with Gasteiger partial charge in [-0.2, -0.15) is 0 Å². The molecule has 18 heavy (non-hydrogen) atoms. The van der Waals surface area contributed by atoms with Crippen molar-refractivity contribution < 1.29 is 0 Å². The number of hydrogen-bond donors (Lipinski definition) is 2. The zero-order chi connectivity index (χ0) is 13.1. The first-order valence-electron chi connectivity index (χ1n) is 6.94. The van der Waals surface area contributed by atoms with Crippen LogP contribution in [0.4, 0.5) is 0 Å². The molecule has 1 aliphatic rings. The van der Waals surface area contributed by atoms with Gasteiger partial charge in [0.05, 0.1) is 0 Å². The molecule has 0 amide bonds. The summed E-state index contributed by atoms with van der Waals surface area (Å²) in [7, 11) is 0. The van der Waals surface area contributed by atoms with Crippen LogP contribution in [0, 0.1) is 0 Å². The van der Waals surface area contributed by atoms with Gasteiger partial charge in [0.2, 0.25) is 0 Å². The molecule has 0 saturated carbocycles. The third-order valence-corrected chi connectivity index (χ3v) is 3.20. The predicted molar refractivity (Wildman–Crippen MR) is 79.0 cm³/mol. The van der Waals surface area contributed by atoms with E-state index in [2.05, 4.69) is 33.6 Å². The minimum Gasteiger partial charge on any atom is -0.314 e. The molecule has 0 aromatic rings. The standard InChI is InChI=1S/C14H28N4/c1-3-9-17-11-7-15-5-6-16-8-12-18(10-4-2)14-13-17/h3-4,15-16H,1-2,5-14H2. The molecule has 0 bridgehead atoms. The summed E-state index contributed by atoms with van der Waals surface area (Å²) in [4.78, 5) is 4.90. The average Bonchev–Trinajstić information content (AvgIpc) is 2.36. The second-order valence-corrected chi connectivity index (χ2v) is 4.68. The molecule has 2 N–H and O–H groups in total. The lowest BCUT2D eigenvalue weighted by Gasteiger charge is -2.27. The van der Waals surface area contributed by atoms with Gasteiger partial charge in [-0.25, -0.2) is 0 Å². The van der Waals surface area contributed by atoms with E-state index in [-0.39, 0.29) is 0 Å². The SMILES string of the molecule is C=CCN1CCNCCNCCN(CC=C)CC1. The van der Waals surface area contributed by atoms with Gasteiger partial charge in [0.1, 0.15) is 0 Å². The van der Waals surface area contributed by atoms with Gasteiger partial charge < -0.3 is 10.6 Å². The molecule has 0 atom stereocenters. The lowest BCUT2D eigenvalue weighted by Crippen LogP contribution is -2.43. The molecule has 0 aliphatic carbocycles. The van der Waals surface area contributed by atoms with E-state index in [9.17, 15) is 0 Å². The van der Waals surface area contributed by atoms with Crippen molar-refractivity contribution in [3.8, 4) is 0 Å². The summed E-state index contributed by atoms with van der Waals surface area (Å²) >= 11 is 0. The Morgan fingerprint density at radius 2 is 1.17 bits per heavy atom. The third-order valence-electron chi connectivity index (χ3n) is 3.20. The van der Waals surface area contributed by atoms with Crippen LogP contribution in [-0.2, 0) is 0 Å². The average molecular weight is 252 g/mol. The second-order valence-electron chi connectivity index (χ2n) is 4.68. The molecule has 0 unspecified atom stereocenters. The van der Waals surface area contributed by atoms with Crippen LogP contribution in [0.2, 0.25) is 0 Å². The highest BCUT2D eigenvalue weighted by atomic mass is 15.2. The Hall–Kier alpha value is -0.680. The Labute approximate surface area is 112 Å². The lowest BCUT2D eigenvalue weighted by atomic mass is 10.3. The summed E-state index contributed by atoms with van der Waals surface area (Å²) in [5, 5.41) is 6.92. The smallest absolute Gasteiger partial charge is 0.0161 e. The summed E-state index contributed by atoms with van der Waals surface area (Å²) in [6, 6.07) is 0. The topological polar surface area (TPSA) is 30.5 Å². The van der Waals surface area contributed by atoms with Gasteiger partial charge in [0, 0.05) is 65.4 Å². The second kappa shape index (κ2) is 10.3. The monoisotopic (exact) mass is 252 g/mol. The molecule has 1 fully saturated rings. The fourth-order valence-electron chi connectivity index (χ4n) is 2.14. The van der Waals surface area contributed by atoms with Crippen molar-refractivity contribution in [2.45, 2.75) is 0 Å². The van der Waals surface area contributed by atoms with E-state index in [0.29, 0.717) is 0 Å². The first kappa shape index (κ1) is 15.4. The molecule has 4 nitrogen and oxygen atoms in total. The van der Waals surface area contributed by atoms with Crippen LogP contribution >= 0.6 is 0 Å². The van der Waals surface area contributed by atoms with Crippen LogP contribution in [0.3, 0.4) is 0 Å². The predicted octanol–water partition coefficient (Wildman–Crippen LogP) is 0.155. The summed E-state index contributed by atoms with van der Waals surface area (Å²) in [6.45, 7) is 18.2. The molecule has 1 heterocycles. The molecular formula is C14H28N4. The minimum absolute atomic E-state index is 0.974. The van der Waals surface area contributed by atoms with Gasteiger partial charge >= 0.3 is 0 Å². The van der Waals surface area contributed by atoms with Crippen molar-refractivity contribution in [2.24, 2.45) is 0 Å². The van der Waals surface area contributed by atoms with Gasteiger partial charge in [0.15, 0.2) is 0 Å². The van der Waals surface area contributed by atoms with Crippen molar-refractivity contribution in [3.05, 3.63) is 25.3 Å². The van der Waals surface area contributed by atoms with E-state index in [4.69, 9.17) is 0 Å². The van der Waals surface area contributed by atoms with Crippen molar-refractivity contribution in [1.82, 2.24) is 20.4 Å². The third kappa shape index (κ3) is 6.91. The van der Waals surface area contributed by atoms with Crippen LogP contribution in [0.1, 0.15) is 0 Å². The first-order valence-corrected chi connectivity index (χ1v) is 6.94. The zero-order valence-electron chi connectivity index (χ0n) is 11.5. The molecule has 0 aromatic carbocycles. The van der Waals surface area contributed by atoms with Gasteiger partial charge in [0.25, 0.3) is 0 Å². The highest BCUT2D eigenvalue weighted by Gasteiger charge is 2.08. The Balaban J connectivity index is 2.43. The fraction of sp³-hybridized carbons (Fsp3) is 0.714. The lowest BCUT2D eigenvalue weighted by molar-refractivity contribution is 0.224. The molecule has 0 radical (unpaired) electrons. The van der Waals surface area contributed by atoms with Crippen LogP contribution in [0.5, 0.6) is 0 Å². The van der Waals surface area contributed by atoms with Crippen LogP contribution < -0.4 is 10.6 Å². The maximum Gasteiger partial charge on any atom is 0.0161 e. The maximum atomic E-state index is 3.84. The quantitative estimate of drug-likeness (QED) is 0.698. The molecule has 0 aromatic heterocycles. The largest absolute Gasteiger partial charge is 0.314 e. The van der Waals surface area contributed by atoms with E-state index in [1.165, 1.54) is 0 Å². The van der Waals surface area contributed by atoms with Crippen molar-refractivity contribution >= 4 is 0 Å². The highest BCUT2D eigenvalue weighted by Crippen LogP contribution is 1.94. The molecular weight excluding hydrogens is 224 g/mol. The number of nitrogens with zero attached hydrogens (tertiary/aromatic N) is 2. The number of nitrogens with one attached hydrogen (secondary N) is 2. The molecule has 104 valence electrons. The Kier molecular flexibility index (Phi) is 8.77. The normalized spacial score (nSPS) is 21.8. The zero-order valence-corrected chi connectivity index (χ0v) is 11.5. The van der Waals surface area contributed by atoms with E-state index in [1.807, 2.05) is 12.2 Å². The van der Waals surface area contributed by atoms with Gasteiger partial charge in [-0.05, 0) is 0 Å². The van der Waals surface area contributed by atoms with Crippen molar-refractivity contribution in [3.63, 3.8) is 0 Å². The van der Waals surface area contributed by atoms with Gasteiger partial charge in [-0.1, -0.05) is 12.2 Å². The van der Waals surface area contributed by atoms with Crippen LogP contribution in [0.15, 0.2) is 25.3 Å². The molecule has 4 heteroatoms. The summed E-state index contributed by atoms with van der Waals surface area (Å²) in [5.41, 5.74) is 0. The van der Waals surface area contributed by atoms with Crippen molar-refractivity contribution in [2.75, 3.05) is 65.4 Å². The van der Waals surface area contributed by atoms with E-state index in [1.54, 1.807) is 0 Å². The van der Waals surface area contributed by atoms with Crippen LogP contribution in [0.25, 0.3) is 0 Å². The number of hydrogen-bond acceptors (Lipinski definition) is 4. The Bertz CT molecular complexity index is 206. The van der Waals surface area contributed by atoms with Gasteiger partial charge in [-0.15, -0.1) is 13.2 Å². The summed E-state index contributed by atoms with van der Waals surface area (Å²) in [6.07, 6.45) is 3.98. The van der Waals surface area contributed by atoms with Gasteiger partial charge in [-0.3, -0.25) is 9.80 Å². The number of rotatable bonds is 4. The molecule has 1 saturated heterocycles. The summed E-state index contributed by atoms with van der Waals surface area (Å²) < 4.78 is 0. The van der Waals surface area contributed by atoms with E-state index >= 15 is 0 Å². The van der Waals surface area contributed by atoms with E-state index in [0.717, 1.165) is 65.4 Å². The minimum atomic E-state index is 0.974. The highest BCUT2D eigenvalue weighted by molar-refractivity contribution is 4.78. The van der Waals surface area contributed by atoms with E-state index < -0.39 is 0 Å². The summed E-state index contributed by atoms with van der Waals surface area (Å²) in [5.74, 6) is 0.